The van der Waals surface area contributed by atoms with Gasteiger partial charge in [-0.15, -0.1) is 0 Å². The Balaban J connectivity index is 1.27. The van der Waals surface area contributed by atoms with Gasteiger partial charge in [0.15, 0.2) is 0 Å². The highest BCUT2D eigenvalue weighted by molar-refractivity contribution is 6.22. The molecule has 0 atom stereocenters. The molecule has 0 spiro atoms. The SMILES string of the molecule is Cc1cc(C)c(C)c(-c2c3ccc(-n4c(-c5ccccc5)ccc4-c4ccccc4)cc3c(-c3ccccc3)c3ccc(-n4c(C5=CC=CCC5)ccc4-c4ccccc4)cc23)c1C. The number of hydrogen-bond donors (Lipinski definition) is 0. The van der Waals surface area contributed by atoms with E-state index in [4.69, 9.17) is 0 Å². The van der Waals surface area contributed by atoms with Gasteiger partial charge in [-0.05, 0) is 177 Å². The molecule has 0 bridgehead atoms. The van der Waals surface area contributed by atoms with Gasteiger partial charge in [-0.3, -0.25) is 0 Å². The minimum absolute atomic E-state index is 1.01. The zero-order valence-electron chi connectivity index (χ0n) is 36.9. The van der Waals surface area contributed by atoms with Crippen LogP contribution in [0.1, 0.15) is 40.8 Å². The largest absolute Gasteiger partial charge is 0.310 e. The third kappa shape index (κ3) is 6.66. The Morgan fingerprint density at radius 2 is 0.781 bits per heavy atom. The van der Waals surface area contributed by atoms with Gasteiger partial charge in [0.25, 0.3) is 0 Å². The van der Waals surface area contributed by atoms with E-state index in [-0.39, 0.29) is 0 Å². The van der Waals surface area contributed by atoms with Crippen molar-refractivity contribution < 1.29 is 0 Å². The van der Waals surface area contributed by atoms with E-state index in [1.807, 2.05) is 0 Å². The number of aromatic nitrogens is 2. The molecule has 1 aliphatic rings. The van der Waals surface area contributed by atoms with Gasteiger partial charge in [0, 0.05) is 17.1 Å². The average Bonchev–Trinajstić information content (AvgIpc) is 4.01. The van der Waals surface area contributed by atoms with Gasteiger partial charge < -0.3 is 9.13 Å². The molecular weight excluding hydrogens is 773 g/mol. The first-order chi connectivity index (χ1) is 31.4. The summed E-state index contributed by atoms with van der Waals surface area (Å²) in [6.07, 6.45) is 8.85. The fourth-order valence-electron chi connectivity index (χ4n) is 10.3. The van der Waals surface area contributed by atoms with E-state index in [2.05, 4.69) is 243 Å². The van der Waals surface area contributed by atoms with Gasteiger partial charge >= 0.3 is 0 Å². The summed E-state index contributed by atoms with van der Waals surface area (Å²) >= 11 is 0. The molecule has 0 aliphatic heterocycles. The molecule has 10 aromatic rings. The number of benzene rings is 8. The fraction of sp³-hybridized carbons (Fsp3) is 0.0968. The van der Waals surface area contributed by atoms with E-state index < -0.39 is 0 Å². The Hall–Kier alpha value is -7.68. The number of aryl methyl sites for hydroxylation is 2. The van der Waals surface area contributed by atoms with Crippen molar-refractivity contribution in [3.63, 3.8) is 0 Å². The van der Waals surface area contributed by atoms with Crippen LogP contribution in [0.3, 0.4) is 0 Å². The minimum atomic E-state index is 1.01. The molecule has 0 saturated carbocycles. The molecule has 0 unspecified atom stereocenters. The first-order valence-corrected chi connectivity index (χ1v) is 22.6. The second kappa shape index (κ2) is 16.2. The summed E-state index contributed by atoms with van der Waals surface area (Å²) in [6, 6.07) is 69.5. The maximum absolute atomic E-state index is 2.50. The van der Waals surface area contributed by atoms with Crippen molar-refractivity contribution in [2.24, 2.45) is 0 Å². The lowest BCUT2D eigenvalue weighted by molar-refractivity contribution is 0.998. The molecule has 8 aromatic carbocycles. The Morgan fingerprint density at radius 1 is 0.359 bits per heavy atom. The first-order valence-electron chi connectivity index (χ1n) is 22.6. The van der Waals surface area contributed by atoms with E-state index in [1.54, 1.807) is 0 Å². The maximum atomic E-state index is 2.50. The van der Waals surface area contributed by atoms with Gasteiger partial charge in [-0.2, -0.15) is 0 Å². The zero-order valence-corrected chi connectivity index (χ0v) is 36.9. The van der Waals surface area contributed by atoms with Crippen LogP contribution in [0.4, 0.5) is 0 Å². The molecule has 2 heterocycles. The predicted molar refractivity (Wildman–Crippen MR) is 273 cm³/mol. The molecule has 0 fully saturated rings. The van der Waals surface area contributed by atoms with Crippen LogP contribution in [0.15, 0.2) is 206 Å². The Labute approximate surface area is 376 Å². The van der Waals surface area contributed by atoms with Crippen molar-refractivity contribution in [2.75, 3.05) is 0 Å². The monoisotopic (exact) mass is 822 g/mol. The van der Waals surface area contributed by atoms with Crippen molar-refractivity contribution >= 4 is 27.1 Å². The Morgan fingerprint density at radius 3 is 1.25 bits per heavy atom. The van der Waals surface area contributed by atoms with Crippen LogP contribution < -0.4 is 0 Å². The molecule has 2 nitrogen and oxygen atoms in total. The quantitative estimate of drug-likeness (QED) is 0.135. The third-order valence-corrected chi connectivity index (χ3v) is 13.6. The summed E-state index contributed by atoms with van der Waals surface area (Å²) in [5, 5.41) is 4.96. The fourth-order valence-corrected chi connectivity index (χ4v) is 10.3. The normalized spacial score (nSPS) is 12.6. The van der Waals surface area contributed by atoms with Gasteiger partial charge in [0.05, 0.1) is 17.1 Å². The highest BCUT2D eigenvalue weighted by atomic mass is 15.0. The second-order valence-corrected chi connectivity index (χ2v) is 17.3. The molecule has 11 rings (SSSR count). The molecule has 0 radical (unpaired) electrons. The summed E-state index contributed by atoms with van der Waals surface area (Å²) in [6.45, 7) is 9.17. The van der Waals surface area contributed by atoms with Crippen LogP contribution in [0, 0.1) is 27.7 Å². The lowest BCUT2D eigenvalue weighted by Gasteiger charge is -2.24. The first kappa shape index (κ1) is 39.2. The third-order valence-electron chi connectivity index (χ3n) is 13.6. The number of rotatable bonds is 8. The topological polar surface area (TPSA) is 9.86 Å². The van der Waals surface area contributed by atoms with Crippen LogP contribution in [0.2, 0.25) is 0 Å². The summed E-state index contributed by atoms with van der Waals surface area (Å²) in [5.41, 5.74) is 22.3. The minimum Gasteiger partial charge on any atom is -0.310 e. The van der Waals surface area contributed by atoms with Crippen LogP contribution in [-0.4, -0.2) is 9.13 Å². The van der Waals surface area contributed by atoms with Gasteiger partial charge in [0.1, 0.15) is 0 Å². The van der Waals surface area contributed by atoms with Crippen molar-refractivity contribution in [1.29, 1.82) is 0 Å². The molecule has 64 heavy (non-hydrogen) atoms. The Kier molecular flexibility index (Phi) is 9.93. The van der Waals surface area contributed by atoms with Crippen molar-refractivity contribution in [1.82, 2.24) is 9.13 Å². The molecule has 2 heteroatoms. The van der Waals surface area contributed by atoms with E-state index in [0.717, 1.165) is 35.6 Å². The van der Waals surface area contributed by atoms with Crippen molar-refractivity contribution in [2.45, 2.75) is 40.5 Å². The molecule has 0 saturated heterocycles. The van der Waals surface area contributed by atoms with E-state index in [1.165, 1.54) is 99.7 Å². The van der Waals surface area contributed by atoms with Crippen LogP contribution in [0.25, 0.3) is 94.5 Å². The van der Waals surface area contributed by atoms with Gasteiger partial charge in [0.2, 0.25) is 0 Å². The zero-order chi connectivity index (χ0) is 43.3. The Bertz CT molecular complexity index is 3350. The number of hydrogen-bond acceptors (Lipinski definition) is 0. The van der Waals surface area contributed by atoms with E-state index in [9.17, 15) is 0 Å². The second-order valence-electron chi connectivity index (χ2n) is 17.3. The van der Waals surface area contributed by atoms with Crippen LogP contribution in [-0.2, 0) is 0 Å². The highest BCUT2D eigenvalue weighted by Crippen LogP contribution is 2.48. The number of fused-ring (bicyclic) bond motifs is 2. The smallest absolute Gasteiger partial charge is 0.0535 e. The molecule has 0 N–H and O–H groups in total. The summed E-state index contributed by atoms with van der Waals surface area (Å²) < 4.78 is 4.95. The van der Waals surface area contributed by atoms with Crippen LogP contribution in [0.5, 0.6) is 0 Å². The lowest BCUT2D eigenvalue weighted by Crippen LogP contribution is -2.04. The highest BCUT2D eigenvalue weighted by Gasteiger charge is 2.24. The molecule has 1 aliphatic carbocycles. The van der Waals surface area contributed by atoms with Gasteiger partial charge in [-0.25, -0.2) is 0 Å². The molecular formula is C62H50N2. The predicted octanol–water partition coefficient (Wildman–Crippen LogP) is 16.9. The number of allylic oxidation sites excluding steroid dienone is 4. The summed E-state index contributed by atoms with van der Waals surface area (Å²) in [7, 11) is 0. The van der Waals surface area contributed by atoms with E-state index in [0.29, 0.717) is 0 Å². The molecule has 2 aromatic heterocycles. The molecule has 308 valence electrons. The standard InChI is InChI=1S/C62H50N2/c1-41-38-42(2)44(4)60(43(41)3)62-53-33-31-50(63-56(45-20-10-5-11-21-45)34-35-57(63)46-22-12-6-13-23-46)39-54(53)61(49-28-18-9-19-29-49)52-32-30-51(40-55(52)62)64-58(47-24-14-7-15-25-47)36-37-59(64)48-26-16-8-17-27-48/h5-16,18-26,28-40H,17,27H2,1-4H3. The van der Waals surface area contributed by atoms with Crippen LogP contribution >= 0.6 is 0 Å². The average molecular weight is 823 g/mol. The van der Waals surface area contributed by atoms with E-state index >= 15 is 0 Å². The number of nitrogens with zero attached hydrogens (tertiary/aromatic N) is 2. The maximum Gasteiger partial charge on any atom is 0.0535 e. The molecule has 0 amide bonds. The summed E-state index contributed by atoms with van der Waals surface area (Å²) in [4.78, 5) is 0. The van der Waals surface area contributed by atoms with Gasteiger partial charge in [-0.1, -0.05) is 158 Å². The lowest BCUT2D eigenvalue weighted by atomic mass is 9.81. The van der Waals surface area contributed by atoms with Crippen molar-refractivity contribution in [3.8, 4) is 67.4 Å². The summed E-state index contributed by atoms with van der Waals surface area (Å²) in [5.74, 6) is 0. The van der Waals surface area contributed by atoms with Crippen molar-refractivity contribution in [3.05, 3.63) is 234 Å².